The molecule has 5 heteroatoms. The van der Waals surface area contributed by atoms with Gasteiger partial charge in [0.2, 0.25) is 0 Å². The normalized spacial score (nSPS) is 14.1. The van der Waals surface area contributed by atoms with E-state index in [0.717, 1.165) is 31.4 Å². The molecule has 0 heterocycles. The molecule has 0 aliphatic carbocycles. The summed E-state index contributed by atoms with van der Waals surface area (Å²) in [5, 5.41) is 0. The van der Waals surface area contributed by atoms with Gasteiger partial charge in [-0.3, -0.25) is 0 Å². The molecule has 0 bridgehead atoms. The number of hydrogen-bond acceptors (Lipinski definition) is 3. The fourth-order valence-electron chi connectivity index (χ4n) is 4.66. The monoisotopic (exact) mass is 526 g/mol. The number of rotatable bonds is 5. The smallest absolute Gasteiger partial charge is 0.207 e. The first-order valence-electron chi connectivity index (χ1n) is 12.4. The highest BCUT2D eigenvalue weighted by molar-refractivity contribution is 8.33. The molecule has 3 rings (SSSR count). The van der Waals surface area contributed by atoms with Gasteiger partial charge in [0.25, 0.3) is 10.1 Å². The fraction of sp³-hybridized carbons (Fsp3) is 0.419. The summed E-state index contributed by atoms with van der Waals surface area (Å²) >= 11 is 0. The molecular weight excluding hydrogens is 484 g/mol. The lowest BCUT2D eigenvalue weighted by Gasteiger charge is -2.46. The molecule has 0 amide bonds. The number of benzene rings is 3. The summed E-state index contributed by atoms with van der Waals surface area (Å²) in [6.07, 6.45) is 1.17. The van der Waals surface area contributed by atoms with Gasteiger partial charge in [-0.25, -0.2) is 3.63 Å². The fourth-order valence-corrected chi connectivity index (χ4v) is 10.6. The zero-order valence-corrected chi connectivity index (χ0v) is 25.1. The molecule has 3 nitrogen and oxygen atoms in total. The first kappa shape index (κ1) is 28.5. The molecule has 0 N–H and O–H groups in total. The highest BCUT2D eigenvalue weighted by Gasteiger charge is 2.44. The summed E-state index contributed by atoms with van der Waals surface area (Å²) in [4.78, 5) is 2.78. The molecule has 0 fully saturated rings. The van der Waals surface area contributed by atoms with Crippen LogP contribution in [0.2, 0.25) is 0 Å². The van der Waals surface area contributed by atoms with Crippen molar-refractivity contribution in [3.63, 3.8) is 0 Å². The van der Waals surface area contributed by atoms with Gasteiger partial charge in [0.1, 0.15) is 0 Å². The second-order valence-corrected chi connectivity index (χ2v) is 17.0. The predicted octanol–water partition coefficient (Wildman–Crippen LogP) is 8.75. The first-order chi connectivity index (χ1) is 16.4. The van der Waals surface area contributed by atoms with Gasteiger partial charge in [0, 0.05) is 14.7 Å². The minimum Gasteiger partial charge on any atom is -0.207 e. The Morgan fingerprint density at radius 1 is 0.500 bits per heavy atom. The van der Waals surface area contributed by atoms with E-state index in [-0.39, 0.29) is 16.2 Å². The summed E-state index contributed by atoms with van der Waals surface area (Å²) in [6.45, 7) is 19.5. The quantitative estimate of drug-likeness (QED) is 0.334. The van der Waals surface area contributed by atoms with Crippen molar-refractivity contribution in [2.45, 2.75) is 93.2 Å². The van der Waals surface area contributed by atoms with E-state index in [9.17, 15) is 8.42 Å². The average molecular weight is 527 g/mol. The molecule has 0 atom stereocenters. The van der Waals surface area contributed by atoms with Crippen molar-refractivity contribution in [2.24, 2.45) is 0 Å². The average Bonchev–Trinajstić information content (AvgIpc) is 2.75. The topological polar surface area (TPSA) is 43.4 Å². The lowest BCUT2D eigenvalue weighted by molar-refractivity contribution is 0.506. The summed E-state index contributed by atoms with van der Waals surface area (Å²) < 4.78 is 33.0. The molecule has 3 aromatic rings. The summed E-state index contributed by atoms with van der Waals surface area (Å²) in [6, 6.07) is 24.6. The van der Waals surface area contributed by atoms with E-state index < -0.39 is 20.4 Å². The minimum atomic E-state index is -3.88. The SMILES string of the molecule is CC(C)(C)c1ccccc1S(OS(C)(=O)=O)(c1ccccc1C(C)(C)C)c1ccccc1C(C)(C)C. The summed E-state index contributed by atoms with van der Waals surface area (Å²) in [5.41, 5.74) is 2.54. The molecule has 36 heavy (non-hydrogen) atoms. The van der Waals surface area contributed by atoms with Gasteiger partial charge in [-0.2, -0.15) is 8.42 Å². The van der Waals surface area contributed by atoms with Crippen LogP contribution in [0.4, 0.5) is 0 Å². The van der Waals surface area contributed by atoms with Crippen molar-refractivity contribution < 1.29 is 12.0 Å². The summed E-state index contributed by atoms with van der Waals surface area (Å²) in [7, 11) is -6.60. The highest BCUT2D eigenvalue weighted by atomic mass is 32.3. The third kappa shape index (κ3) is 5.74. The molecule has 196 valence electrons. The van der Waals surface area contributed by atoms with Crippen LogP contribution < -0.4 is 0 Å². The molecule has 0 spiro atoms. The van der Waals surface area contributed by atoms with Gasteiger partial charge >= 0.3 is 0 Å². The summed E-state index contributed by atoms with van der Waals surface area (Å²) in [5.74, 6) is 0. The Hall–Kier alpha value is -2.08. The van der Waals surface area contributed by atoms with Crippen molar-refractivity contribution in [3.8, 4) is 0 Å². The van der Waals surface area contributed by atoms with E-state index >= 15 is 0 Å². The maximum Gasteiger partial charge on any atom is 0.274 e. The highest BCUT2D eigenvalue weighted by Crippen LogP contribution is 2.73. The third-order valence-corrected chi connectivity index (χ3v) is 11.0. The Morgan fingerprint density at radius 3 is 0.972 bits per heavy atom. The lowest BCUT2D eigenvalue weighted by Crippen LogP contribution is -2.25. The second-order valence-electron chi connectivity index (χ2n) is 12.6. The van der Waals surface area contributed by atoms with Crippen LogP contribution in [0.5, 0.6) is 0 Å². The van der Waals surface area contributed by atoms with Gasteiger partial charge in [-0.1, -0.05) is 117 Å². The van der Waals surface area contributed by atoms with Crippen LogP contribution in [0.15, 0.2) is 87.5 Å². The van der Waals surface area contributed by atoms with Gasteiger partial charge in [-0.05, 0) is 61.4 Å². The van der Waals surface area contributed by atoms with Crippen molar-refractivity contribution >= 4 is 20.4 Å². The maximum absolute atomic E-state index is 13.2. The zero-order valence-electron chi connectivity index (χ0n) is 23.5. The van der Waals surface area contributed by atoms with Crippen LogP contribution in [0.1, 0.15) is 79.0 Å². The van der Waals surface area contributed by atoms with Crippen molar-refractivity contribution in [2.75, 3.05) is 6.26 Å². The van der Waals surface area contributed by atoms with Crippen molar-refractivity contribution in [1.29, 1.82) is 0 Å². The van der Waals surface area contributed by atoms with Crippen LogP contribution >= 0.6 is 10.3 Å². The molecule has 3 aromatic carbocycles. The van der Waals surface area contributed by atoms with Crippen molar-refractivity contribution in [3.05, 3.63) is 89.5 Å². The molecule has 0 aliphatic rings. The van der Waals surface area contributed by atoms with Crippen LogP contribution in [-0.4, -0.2) is 14.7 Å². The van der Waals surface area contributed by atoms with Crippen LogP contribution in [-0.2, 0) is 30.0 Å². The first-order valence-corrected chi connectivity index (χ1v) is 15.8. The molecule has 0 aromatic heterocycles. The van der Waals surface area contributed by atoms with Gasteiger partial charge in [0.05, 0.1) is 6.26 Å². The molecule has 0 aliphatic heterocycles. The van der Waals surface area contributed by atoms with Crippen LogP contribution in [0.3, 0.4) is 0 Å². The van der Waals surface area contributed by atoms with E-state index in [1.54, 1.807) is 0 Å². The van der Waals surface area contributed by atoms with Gasteiger partial charge in [0.15, 0.2) is 0 Å². The minimum absolute atomic E-state index is 0.233. The van der Waals surface area contributed by atoms with E-state index in [4.69, 9.17) is 3.63 Å². The molecule has 0 radical (unpaired) electrons. The Balaban J connectivity index is 2.72. The van der Waals surface area contributed by atoms with Crippen LogP contribution in [0, 0.1) is 0 Å². The molecule has 0 saturated heterocycles. The Kier molecular flexibility index (Phi) is 7.65. The lowest BCUT2D eigenvalue weighted by atomic mass is 9.87. The molecule has 0 unspecified atom stereocenters. The maximum atomic E-state index is 13.2. The van der Waals surface area contributed by atoms with Crippen LogP contribution in [0.25, 0.3) is 0 Å². The van der Waals surface area contributed by atoms with E-state index in [1.807, 2.05) is 36.4 Å². The van der Waals surface area contributed by atoms with E-state index in [1.165, 1.54) is 6.26 Å². The predicted molar refractivity (Wildman–Crippen MR) is 154 cm³/mol. The van der Waals surface area contributed by atoms with E-state index in [2.05, 4.69) is 98.7 Å². The zero-order chi connectivity index (χ0) is 27.2. The van der Waals surface area contributed by atoms with Gasteiger partial charge in [-0.15, -0.1) is 0 Å². The Bertz CT molecular complexity index is 1200. The third-order valence-electron chi connectivity index (χ3n) is 6.24. The Morgan fingerprint density at radius 2 is 0.750 bits per heavy atom. The van der Waals surface area contributed by atoms with Crippen molar-refractivity contribution in [1.82, 2.24) is 0 Å². The van der Waals surface area contributed by atoms with E-state index in [0.29, 0.717) is 0 Å². The number of hydrogen-bond donors (Lipinski definition) is 0. The molecule has 0 saturated carbocycles. The Labute approximate surface area is 221 Å². The standard InChI is InChI=1S/C31H42O3S2/c1-29(2,3)23-17-11-14-20-26(23)36(34-35(10,32)33,27-21-15-12-18-24(27)30(4,5)6)28-22-16-13-19-25(28)31(7,8)9/h11-22H,1-10H3. The van der Waals surface area contributed by atoms with Gasteiger partial charge < -0.3 is 0 Å². The largest absolute Gasteiger partial charge is 0.274 e. The molecular formula is C31H42O3S2. The second kappa shape index (κ2) is 9.66.